The Morgan fingerprint density at radius 2 is 2.50 bits per heavy atom. The van der Waals surface area contributed by atoms with Crippen molar-refractivity contribution in [3.8, 4) is 0 Å². The Morgan fingerprint density at radius 1 is 1.71 bits per heavy atom. The Morgan fingerprint density at radius 3 is 3.00 bits per heavy atom. The molecule has 2 atom stereocenters. The van der Waals surface area contributed by atoms with E-state index in [-0.39, 0.29) is 6.04 Å². The van der Waals surface area contributed by atoms with Gasteiger partial charge >= 0.3 is 0 Å². The molecule has 1 fully saturated rings. The van der Waals surface area contributed by atoms with Crippen LogP contribution >= 0.6 is 0 Å². The van der Waals surface area contributed by atoms with Crippen LogP contribution in [0.25, 0.3) is 0 Å². The summed E-state index contributed by atoms with van der Waals surface area (Å²) in [4.78, 5) is 1.39. The van der Waals surface area contributed by atoms with E-state index in [4.69, 9.17) is 0 Å². The third-order valence-corrected chi connectivity index (χ3v) is 2.82. The number of rotatable bonds is 2. The summed E-state index contributed by atoms with van der Waals surface area (Å²) in [6.07, 6.45) is 3.40. The molecule has 0 aromatic carbocycles. The van der Waals surface area contributed by atoms with Gasteiger partial charge in [-0.25, -0.2) is 4.39 Å². The molecule has 1 aliphatic heterocycles. The zero-order valence-corrected chi connectivity index (χ0v) is 8.50. The number of halogens is 1. The maximum Gasteiger partial charge on any atom is 0.168 e. The maximum absolute atomic E-state index is 14.4. The van der Waals surface area contributed by atoms with Gasteiger partial charge in [0.2, 0.25) is 0 Å². The van der Waals surface area contributed by atoms with Crippen LogP contribution in [0.15, 0.2) is 6.20 Å². The highest BCUT2D eigenvalue weighted by atomic mass is 19.1. The van der Waals surface area contributed by atoms with E-state index in [0.717, 1.165) is 19.4 Å². The van der Waals surface area contributed by atoms with Gasteiger partial charge in [0.1, 0.15) is 5.69 Å². The average Bonchev–Trinajstić information content (AvgIpc) is 2.72. The third kappa shape index (κ3) is 1.52. The van der Waals surface area contributed by atoms with Crippen molar-refractivity contribution in [1.29, 1.82) is 0 Å². The second-order valence-electron chi connectivity index (χ2n) is 3.94. The van der Waals surface area contributed by atoms with Crippen LogP contribution in [0.3, 0.4) is 0 Å². The molecule has 4 nitrogen and oxygen atoms in total. The van der Waals surface area contributed by atoms with Crippen LogP contribution < -0.4 is 5.32 Å². The smallest absolute Gasteiger partial charge is 0.168 e. The van der Waals surface area contributed by atoms with Crippen LogP contribution in [-0.4, -0.2) is 27.6 Å². The molecule has 0 bridgehead atoms. The lowest BCUT2D eigenvalue weighted by Gasteiger charge is -2.24. The second kappa shape index (κ2) is 3.31. The first kappa shape index (κ1) is 9.58. The van der Waals surface area contributed by atoms with Gasteiger partial charge in [0.05, 0.1) is 6.20 Å². The summed E-state index contributed by atoms with van der Waals surface area (Å²) in [6.45, 7) is 2.46. The molecular formula is C9H15FN4. The molecule has 1 aliphatic rings. The van der Waals surface area contributed by atoms with Gasteiger partial charge in [-0.2, -0.15) is 15.0 Å². The summed E-state index contributed by atoms with van der Waals surface area (Å²) in [5, 5.41) is 11.1. The minimum atomic E-state index is -1.41. The number of hydrogen-bond acceptors (Lipinski definition) is 3. The van der Waals surface area contributed by atoms with Crippen LogP contribution in [0.2, 0.25) is 0 Å². The van der Waals surface area contributed by atoms with Crippen molar-refractivity contribution in [1.82, 2.24) is 20.3 Å². The van der Waals surface area contributed by atoms with E-state index < -0.39 is 5.67 Å². The highest BCUT2D eigenvalue weighted by Gasteiger charge is 2.39. The molecule has 1 saturated heterocycles. The van der Waals surface area contributed by atoms with E-state index in [1.54, 1.807) is 14.0 Å². The summed E-state index contributed by atoms with van der Waals surface area (Å²) in [7, 11) is 1.70. The SMILES string of the molecule is Cn1ncc(C(C)(F)C2CCCN2)n1. The van der Waals surface area contributed by atoms with Crippen molar-refractivity contribution < 1.29 is 4.39 Å². The lowest BCUT2D eigenvalue weighted by Crippen LogP contribution is -2.40. The van der Waals surface area contributed by atoms with Crippen LogP contribution in [0.1, 0.15) is 25.5 Å². The predicted octanol–water partition coefficient (Wildman–Crippen LogP) is 0.752. The topological polar surface area (TPSA) is 42.7 Å². The van der Waals surface area contributed by atoms with Gasteiger partial charge in [0.25, 0.3) is 0 Å². The van der Waals surface area contributed by atoms with Crippen molar-refractivity contribution in [2.45, 2.75) is 31.5 Å². The molecule has 0 spiro atoms. The van der Waals surface area contributed by atoms with Crippen LogP contribution in [-0.2, 0) is 12.7 Å². The lowest BCUT2D eigenvalue weighted by molar-refractivity contribution is 0.130. The molecule has 0 saturated carbocycles. The first-order valence-corrected chi connectivity index (χ1v) is 4.90. The fourth-order valence-electron chi connectivity index (χ4n) is 1.90. The summed E-state index contributed by atoms with van der Waals surface area (Å²) in [5.74, 6) is 0. The zero-order valence-electron chi connectivity index (χ0n) is 8.50. The van der Waals surface area contributed by atoms with Crippen molar-refractivity contribution >= 4 is 0 Å². The van der Waals surface area contributed by atoms with Crippen LogP contribution in [0.4, 0.5) is 4.39 Å². The lowest BCUT2D eigenvalue weighted by atomic mass is 9.94. The van der Waals surface area contributed by atoms with E-state index in [1.165, 1.54) is 11.0 Å². The molecule has 5 heteroatoms. The Hall–Kier alpha value is -0.970. The van der Waals surface area contributed by atoms with Gasteiger partial charge in [-0.15, -0.1) is 0 Å². The summed E-state index contributed by atoms with van der Waals surface area (Å²) < 4.78 is 14.4. The van der Waals surface area contributed by atoms with Gasteiger partial charge in [-0.05, 0) is 26.3 Å². The molecule has 1 N–H and O–H groups in total. The van der Waals surface area contributed by atoms with E-state index in [0.29, 0.717) is 5.69 Å². The van der Waals surface area contributed by atoms with E-state index in [2.05, 4.69) is 15.5 Å². The average molecular weight is 198 g/mol. The van der Waals surface area contributed by atoms with E-state index in [1.807, 2.05) is 0 Å². The van der Waals surface area contributed by atoms with Crippen molar-refractivity contribution in [2.24, 2.45) is 7.05 Å². The number of alkyl halides is 1. The largest absolute Gasteiger partial charge is 0.311 e. The first-order valence-electron chi connectivity index (χ1n) is 4.90. The second-order valence-corrected chi connectivity index (χ2v) is 3.94. The van der Waals surface area contributed by atoms with Crippen molar-refractivity contribution in [3.63, 3.8) is 0 Å². The number of hydrogen-bond donors (Lipinski definition) is 1. The van der Waals surface area contributed by atoms with Gasteiger partial charge < -0.3 is 5.32 Å². The van der Waals surface area contributed by atoms with Crippen molar-refractivity contribution in [2.75, 3.05) is 6.54 Å². The number of aryl methyl sites for hydroxylation is 1. The number of nitrogens with one attached hydrogen (secondary N) is 1. The zero-order chi connectivity index (χ0) is 10.2. The molecular weight excluding hydrogens is 183 g/mol. The van der Waals surface area contributed by atoms with Crippen molar-refractivity contribution in [3.05, 3.63) is 11.9 Å². The normalized spacial score (nSPS) is 26.4. The molecule has 0 amide bonds. The fourth-order valence-corrected chi connectivity index (χ4v) is 1.90. The Kier molecular flexibility index (Phi) is 2.26. The molecule has 2 rings (SSSR count). The Balaban J connectivity index is 2.22. The van der Waals surface area contributed by atoms with Crippen LogP contribution in [0, 0.1) is 0 Å². The van der Waals surface area contributed by atoms with E-state index >= 15 is 0 Å². The van der Waals surface area contributed by atoms with Gasteiger partial charge in [0.15, 0.2) is 5.67 Å². The molecule has 78 valence electrons. The number of nitrogens with zero attached hydrogens (tertiary/aromatic N) is 3. The Labute approximate surface area is 82.5 Å². The molecule has 1 aromatic rings. The molecule has 0 radical (unpaired) electrons. The summed E-state index contributed by atoms with van der Waals surface area (Å²) in [6, 6.07) is -0.126. The number of aromatic nitrogens is 3. The van der Waals surface area contributed by atoms with Gasteiger partial charge in [-0.3, -0.25) is 0 Å². The van der Waals surface area contributed by atoms with E-state index in [9.17, 15) is 4.39 Å². The van der Waals surface area contributed by atoms with Crippen LogP contribution in [0.5, 0.6) is 0 Å². The minimum absolute atomic E-state index is 0.126. The third-order valence-electron chi connectivity index (χ3n) is 2.82. The first-order chi connectivity index (χ1) is 6.60. The van der Waals surface area contributed by atoms with Gasteiger partial charge in [0, 0.05) is 13.1 Å². The molecule has 0 aliphatic carbocycles. The quantitative estimate of drug-likeness (QED) is 0.762. The summed E-state index contributed by atoms with van der Waals surface area (Å²) in [5.41, 5.74) is -0.996. The fraction of sp³-hybridized carbons (Fsp3) is 0.778. The maximum atomic E-state index is 14.4. The molecule has 2 unspecified atom stereocenters. The monoisotopic (exact) mass is 198 g/mol. The summed E-state index contributed by atoms with van der Waals surface area (Å²) >= 11 is 0. The highest BCUT2D eigenvalue weighted by Crippen LogP contribution is 2.31. The standard InChI is InChI=1S/C9H15FN4/c1-9(10,7-4-3-5-11-7)8-6-12-14(2)13-8/h6-7,11H,3-5H2,1-2H3. The van der Waals surface area contributed by atoms with Gasteiger partial charge in [-0.1, -0.05) is 0 Å². The highest BCUT2D eigenvalue weighted by molar-refractivity contribution is 5.10. The molecule has 2 heterocycles. The Bertz CT molecular complexity index is 314. The molecule has 14 heavy (non-hydrogen) atoms. The minimum Gasteiger partial charge on any atom is -0.311 e. The molecule has 1 aromatic heterocycles. The predicted molar refractivity (Wildman–Crippen MR) is 50.5 cm³/mol.